The highest BCUT2D eigenvalue weighted by atomic mass is 79.9. The maximum absolute atomic E-state index is 13.1. The summed E-state index contributed by atoms with van der Waals surface area (Å²) < 4.78 is 6.49. The van der Waals surface area contributed by atoms with Crippen LogP contribution in [0.4, 0.5) is 0 Å². The zero-order valence-corrected chi connectivity index (χ0v) is 18.6. The van der Waals surface area contributed by atoms with Crippen LogP contribution >= 0.6 is 27.7 Å². The third kappa shape index (κ3) is 3.91. The highest BCUT2D eigenvalue weighted by Crippen LogP contribution is 2.37. The van der Waals surface area contributed by atoms with Gasteiger partial charge in [0.15, 0.2) is 11.3 Å². The van der Waals surface area contributed by atoms with Crippen molar-refractivity contribution in [3.63, 3.8) is 0 Å². The number of fused-ring (bicyclic) bond motifs is 2. The molecule has 0 saturated heterocycles. The lowest BCUT2D eigenvalue weighted by Gasteiger charge is -2.34. The summed E-state index contributed by atoms with van der Waals surface area (Å²) in [7, 11) is 1.63. The normalized spacial score (nSPS) is 17.7. The summed E-state index contributed by atoms with van der Waals surface area (Å²) in [6, 6.07) is 13.4. The van der Waals surface area contributed by atoms with E-state index < -0.39 is 6.17 Å². The van der Waals surface area contributed by atoms with Crippen LogP contribution in [-0.2, 0) is 4.79 Å². The van der Waals surface area contributed by atoms with Crippen LogP contribution in [0.2, 0.25) is 0 Å². The first-order valence-corrected chi connectivity index (χ1v) is 11.2. The molecule has 29 heavy (non-hydrogen) atoms. The molecule has 6 nitrogen and oxygen atoms in total. The Hall–Kier alpha value is -2.32. The van der Waals surface area contributed by atoms with Gasteiger partial charge in [-0.2, -0.15) is 0 Å². The van der Waals surface area contributed by atoms with Gasteiger partial charge >= 0.3 is 0 Å². The largest absolute Gasteiger partial charge is 0.496 e. The van der Waals surface area contributed by atoms with Gasteiger partial charge in [-0.3, -0.25) is 15.1 Å². The lowest BCUT2D eigenvalue weighted by Crippen LogP contribution is -2.50. The molecule has 4 rings (SSSR count). The molecular formula is C21H21BrN4O2S. The van der Waals surface area contributed by atoms with Crippen LogP contribution in [0.25, 0.3) is 5.70 Å². The van der Waals surface area contributed by atoms with Gasteiger partial charge in [-0.15, -0.1) is 5.10 Å². The maximum Gasteiger partial charge on any atom is 0.276 e. The van der Waals surface area contributed by atoms with E-state index in [4.69, 9.17) is 14.8 Å². The molecule has 1 N–H and O–H groups in total. The summed E-state index contributed by atoms with van der Waals surface area (Å²) >= 11 is 5.09. The van der Waals surface area contributed by atoms with E-state index in [9.17, 15) is 4.79 Å². The number of benzene rings is 2. The van der Waals surface area contributed by atoms with Crippen LogP contribution in [0.15, 0.2) is 57.0 Å². The first-order chi connectivity index (χ1) is 14.1. The number of hydrogen-bond acceptors (Lipinski definition) is 6. The van der Waals surface area contributed by atoms with Gasteiger partial charge in [-0.05, 0) is 30.7 Å². The lowest BCUT2D eigenvalue weighted by molar-refractivity contribution is -0.116. The minimum absolute atomic E-state index is 0.166. The van der Waals surface area contributed by atoms with Gasteiger partial charge in [0.2, 0.25) is 0 Å². The molecule has 1 atom stereocenters. The number of methoxy groups -OCH3 is 1. The van der Waals surface area contributed by atoms with Crippen LogP contribution < -0.4 is 20.6 Å². The van der Waals surface area contributed by atoms with E-state index in [2.05, 4.69) is 28.2 Å². The summed E-state index contributed by atoms with van der Waals surface area (Å²) in [5.74, 6) is 1.43. The molecule has 0 aliphatic carbocycles. The number of nitrogens with one attached hydrogen (secondary N) is 1. The monoisotopic (exact) mass is 472 g/mol. The smallest absolute Gasteiger partial charge is 0.276 e. The fourth-order valence-corrected chi connectivity index (χ4v) is 4.63. The average Bonchev–Trinajstić information content (AvgIpc) is 2.73. The van der Waals surface area contributed by atoms with Crippen molar-refractivity contribution in [3.05, 3.63) is 63.1 Å². The molecule has 2 aliphatic heterocycles. The summed E-state index contributed by atoms with van der Waals surface area (Å²) in [6.07, 6.45) is 1.66. The Labute approximate surface area is 181 Å². The van der Waals surface area contributed by atoms with E-state index in [1.807, 2.05) is 42.5 Å². The van der Waals surface area contributed by atoms with Gasteiger partial charge in [0.25, 0.3) is 5.91 Å². The third-order valence-electron chi connectivity index (χ3n) is 4.72. The second kappa shape index (κ2) is 8.59. The minimum atomic E-state index is -0.500. The molecule has 2 heterocycles. The van der Waals surface area contributed by atoms with Crippen molar-refractivity contribution in [2.45, 2.75) is 25.9 Å². The Morgan fingerprint density at radius 1 is 1.28 bits per heavy atom. The second-order valence-electron chi connectivity index (χ2n) is 6.66. The number of carbonyl (C=O) groups excluding carboxylic acids is 1. The van der Waals surface area contributed by atoms with Gasteiger partial charge in [0.1, 0.15) is 11.4 Å². The van der Waals surface area contributed by atoms with E-state index >= 15 is 0 Å². The van der Waals surface area contributed by atoms with E-state index in [1.165, 1.54) is 0 Å². The Bertz CT molecular complexity index is 1100. The van der Waals surface area contributed by atoms with E-state index in [1.54, 1.807) is 23.9 Å². The average molecular weight is 473 g/mol. The van der Waals surface area contributed by atoms with E-state index in [-0.39, 0.29) is 5.91 Å². The molecular weight excluding hydrogens is 452 g/mol. The highest BCUT2D eigenvalue weighted by molar-refractivity contribution is 9.10. The van der Waals surface area contributed by atoms with Gasteiger partial charge in [0, 0.05) is 21.0 Å². The lowest BCUT2D eigenvalue weighted by atomic mass is 10.1. The number of nitrogens with zero attached hydrogens (tertiary/aromatic N) is 3. The molecule has 2 aliphatic rings. The highest BCUT2D eigenvalue weighted by Gasteiger charge is 2.35. The molecule has 1 amide bonds. The number of halogens is 1. The topological polar surface area (TPSA) is 66.3 Å². The molecule has 150 valence electrons. The number of hydrazone groups is 1. The molecule has 0 fully saturated rings. The predicted molar refractivity (Wildman–Crippen MR) is 119 cm³/mol. The van der Waals surface area contributed by atoms with Crippen molar-refractivity contribution < 1.29 is 9.53 Å². The molecule has 0 unspecified atom stereocenters. The number of thioether (sulfide) groups is 1. The molecule has 2 aromatic carbocycles. The second-order valence-corrected chi connectivity index (χ2v) is 8.66. The van der Waals surface area contributed by atoms with Gasteiger partial charge in [0.05, 0.1) is 12.5 Å². The van der Waals surface area contributed by atoms with Crippen molar-refractivity contribution >= 4 is 44.5 Å². The minimum Gasteiger partial charge on any atom is -0.496 e. The van der Waals surface area contributed by atoms with Crippen LogP contribution in [-0.4, -0.2) is 28.9 Å². The summed E-state index contributed by atoms with van der Waals surface area (Å²) in [5.41, 5.74) is 1.34. The number of carbonyl (C=O) groups is 1. The number of para-hydroxylation sites is 1. The fourth-order valence-electron chi connectivity index (χ4n) is 3.32. The van der Waals surface area contributed by atoms with Crippen molar-refractivity contribution in [1.82, 2.24) is 10.3 Å². The molecule has 0 bridgehead atoms. The van der Waals surface area contributed by atoms with Gasteiger partial charge < -0.3 is 4.74 Å². The first kappa shape index (κ1) is 20.0. The predicted octanol–water partition coefficient (Wildman–Crippen LogP) is 3.13. The molecule has 0 saturated carbocycles. The molecule has 0 radical (unpaired) electrons. The fraction of sp³-hybridized carbons (Fsp3) is 0.286. The standard InChI is InChI=1S/C21H21BrN4O2S/c1-3-4-11-29-21-24-20(27)18-14-7-5-6-8-16(14)23-19(26(18)25-21)15-12-13(22)9-10-17(15)28-2/h5-10,12,19H,3-4,11H2,1-2H3,(H,24,25,27)/t19-/m0/s1. The van der Waals surface area contributed by atoms with Crippen molar-refractivity contribution in [1.29, 1.82) is 0 Å². The van der Waals surface area contributed by atoms with Crippen LogP contribution in [0.1, 0.15) is 31.5 Å². The van der Waals surface area contributed by atoms with Crippen molar-refractivity contribution in [2.24, 2.45) is 10.1 Å². The van der Waals surface area contributed by atoms with E-state index in [0.29, 0.717) is 16.6 Å². The summed E-state index contributed by atoms with van der Waals surface area (Å²) in [5, 5.41) is 11.6. The molecule has 0 aromatic heterocycles. The Kier molecular flexibility index (Phi) is 5.91. The quantitative estimate of drug-likeness (QED) is 0.678. The number of rotatable bonds is 5. The van der Waals surface area contributed by atoms with Crippen LogP contribution in [0.5, 0.6) is 5.75 Å². The maximum atomic E-state index is 13.1. The summed E-state index contributed by atoms with van der Waals surface area (Å²) in [6.45, 7) is 2.14. The number of unbranched alkanes of at least 4 members (excludes halogenated alkanes) is 1. The van der Waals surface area contributed by atoms with Gasteiger partial charge in [-0.25, -0.2) is 5.01 Å². The summed E-state index contributed by atoms with van der Waals surface area (Å²) in [4.78, 5) is 18.0. The third-order valence-corrected chi connectivity index (χ3v) is 6.17. The Morgan fingerprint density at radius 3 is 2.90 bits per heavy atom. The number of amidine groups is 1. The van der Waals surface area contributed by atoms with Crippen molar-refractivity contribution in [3.8, 4) is 5.75 Å². The first-order valence-electron chi connectivity index (χ1n) is 9.45. The zero-order chi connectivity index (χ0) is 20.4. The van der Waals surface area contributed by atoms with Crippen LogP contribution in [0.3, 0.4) is 0 Å². The molecule has 0 spiro atoms. The molecule has 2 aromatic rings. The Balaban J connectivity index is 1.88. The van der Waals surface area contributed by atoms with Crippen molar-refractivity contribution in [2.75, 3.05) is 12.9 Å². The van der Waals surface area contributed by atoms with Crippen LogP contribution in [0, 0.1) is 0 Å². The number of amides is 1. The van der Waals surface area contributed by atoms with Gasteiger partial charge in [-0.1, -0.05) is 59.2 Å². The van der Waals surface area contributed by atoms with E-state index in [0.717, 1.165) is 39.2 Å². The zero-order valence-electron chi connectivity index (χ0n) is 16.2. The molecule has 8 heteroatoms. The SMILES string of the molecule is CCCCSC1=NN2C(=c3ccccc3=N[C@@H]2c2cc(Br)ccc2OC)C(=O)N1. The number of hydrogen-bond donors (Lipinski definition) is 1. The Morgan fingerprint density at radius 2 is 2.10 bits per heavy atom. The number of ether oxygens (including phenoxy) is 1.